The first-order valence-electron chi connectivity index (χ1n) is 9.49. The lowest BCUT2D eigenvalue weighted by Crippen LogP contribution is -2.31. The highest BCUT2D eigenvalue weighted by atomic mass is 16.5. The van der Waals surface area contributed by atoms with Gasteiger partial charge >= 0.3 is 5.97 Å². The Kier molecular flexibility index (Phi) is 6.58. The van der Waals surface area contributed by atoms with Crippen LogP contribution in [0, 0.1) is 0 Å². The van der Waals surface area contributed by atoms with Gasteiger partial charge in [-0.1, -0.05) is 18.2 Å². The molecule has 2 aromatic carbocycles. The van der Waals surface area contributed by atoms with Crippen molar-refractivity contribution in [1.82, 2.24) is 4.98 Å². The fraction of sp³-hybridized carbons (Fsp3) is 0.174. The Morgan fingerprint density at radius 1 is 0.966 bits per heavy atom. The molecule has 0 saturated carbocycles. The molecule has 0 fully saturated rings. The van der Waals surface area contributed by atoms with Gasteiger partial charge in [-0.25, -0.2) is 4.79 Å². The number of hydrogen-bond donors (Lipinski definition) is 1. The number of amides is 1. The SMILES string of the molecule is CCOC(=O)c1ccc(Nc2ccnc(C(=O)N(CC)c3ccccc3)c2)cc1. The maximum atomic E-state index is 12.9. The zero-order valence-corrected chi connectivity index (χ0v) is 16.5. The third-order valence-electron chi connectivity index (χ3n) is 4.29. The van der Waals surface area contributed by atoms with E-state index in [1.165, 1.54) is 0 Å². The van der Waals surface area contributed by atoms with E-state index in [4.69, 9.17) is 4.74 Å². The van der Waals surface area contributed by atoms with Crippen LogP contribution < -0.4 is 10.2 Å². The third kappa shape index (κ3) is 4.99. The highest BCUT2D eigenvalue weighted by Gasteiger charge is 2.17. The standard InChI is InChI=1S/C23H23N3O3/c1-3-26(20-8-6-5-7-9-20)22(27)21-16-19(14-15-24-21)25-18-12-10-17(11-13-18)23(28)29-4-2/h5-16H,3-4H2,1-2H3,(H,24,25). The van der Waals surface area contributed by atoms with Gasteiger partial charge in [0.05, 0.1) is 12.2 Å². The maximum absolute atomic E-state index is 12.9. The predicted molar refractivity (Wildman–Crippen MR) is 114 cm³/mol. The highest BCUT2D eigenvalue weighted by Crippen LogP contribution is 2.20. The molecule has 0 aliphatic carbocycles. The smallest absolute Gasteiger partial charge is 0.338 e. The quantitative estimate of drug-likeness (QED) is 0.595. The number of benzene rings is 2. The predicted octanol–water partition coefficient (Wildman–Crippen LogP) is 4.67. The van der Waals surface area contributed by atoms with E-state index >= 15 is 0 Å². The number of para-hydroxylation sites is 1. The zero-order valence-electron chi connectivity index (χ0n) is 16.5. The molecule has 0 spiro atoms. The van der Waals surface area contributed by atoms with Crippen LogP contribution in [0.5, 0.6) is 0 Å². The molecule has 3 aromatic rings. The average Bonchev–Trinajstić information content (AvgIpc) is 2.76. The molecular formula is C23H23N3O3. The number of anilines is 3. The van der Waals surface area contributed by atoms with Gasteiger partial charge in [0.1, 0.15) is 5.69 Å². The summed E-state index contributed by atoms with van der Waals surface area (Å²) in [5.74, 6) is -0.517. The summed E-state index contributed by atoms with van der Waals surface area (Å²) >= 11 is 0. The van der Waals surface area contributed by atoms with Crippen molar-refractivity contribution in [3.63, 3.8) is 0 Å². The molecular weight excluding hydrogens is 366 g/mol. The van der Waals surface area contributed by atoms with Crippen LogP contribution >= 0.6 is 0 Å². The Morgan fingerprint density at radius 2 is 1.69 bits per heavy atom. The molecule has 1 heterocycles. The molecule has 3 rings (SSSR count). The molecule has 0 atom stereocenters. The van der Waals surface area contributed by atoms with Crippen LogP contribution in [0.25, 0.3) is 0 Å². The largest absolute Gasteiger partial charge is 0.462 e. The van der Waals surface area contributed by atoms with Crippen molar-refractivity contribution in [2.45, 2.75) is 13.8 Å². The van der Waals surface area contributed by atoms with Crippen molar-refractivity contribution in [2.75, 3.05) is 23.4 Å². The first-order valence-corrected chi connectivity index (χ1v) is 9.49. The van der Waals surface area contributed by atoms with Gasteiger partial charge in [0, 0.05) is 29.8 Å². The first-order chi connectivity index (χ1) is 14.1. The van der Waals surface area contributed by atoms with Crippen LogP contribution in [0.1, 0.15) is 34.7 Å². The lowest BCUT2D eigenvalue weighted by Gasteiger charge is -2.20. The number of esters is 1. The van der Waals surface area contributed by atoms with Gasteiger partial charge < -0.3 is 15.0 Å². The van der Waals surface area contributed by atoms with Crippen molar-refractivity contribution in [2.24, 2.45) is 0 Å². The Hall–Kier alpha value is -3.67. The maximum Gasteiger partial charge on any atom is 0.338 e. The monoisotopic (exact) mass is 389 g/mol. The van der Waals surface area contributed by atoms with Crippen molar-refractivity contribution >= 4 is 28.9 Å². The number of nitrogens with one attached hydrogen (secondary N) is 1. The fourth-order valence-corrected chi connectivity index (χ4v) is 2.89. The Balaban J connectivity index is 1.75. The van der Waals surface area contributed by atoms with E-state index in [1.807, 2.05) is 37.3 Å². The van der Waals surface area contributed by atoms with Crippen LogP contribution in [0.3, 0.4) is 0 Å². The summed E-state index contributed by atoms with van der Waals surface area (Å²) in [6, 6.07) is 20.0. The molecule has 6 heteroatoms. The van der Waals surface area contributed by atoms with Crippen LogP contribution in [0.4, 0.5) is 17.1 Å². The van der Waals surface area contributed by atoms with Crippen molar-refractivity contribution in [1.29, 1.82) is 0 Å². The van der Waals surface area contributed by atoms with Crippen molar-refractivity contribution in [3.05, 3.63) is 84.2 Å². The van der Waals surface area contributed by atoms with Crippen molar-refractivity contribution in [3.8, 4) is 0 Å². The van der Waals surface area contributed by atoms with Crippen LogP contribution in [0.2, 0.25) is 0 Å². The van der Waals surface area contributed by atoms with E-state index in [0.717, 1.165) is 17.1 Å². The number of hydrogen-bond acceptors (Lipinski definition) is 5. The summed E-state index contributed by atoms with van der Waals surface area (Å²) < 4.78 is 4.99. The lowest BCUT2D eigenvalue weighted by molar-refractivity contribution is 0.0526. The molecule has 0 unspecified atom stereocenters. The molecule has 29 heavy (non-hydrogen) atoms. The van der Waals surface area contributed by atoms with Gasteiger partial charge in [0.2, 0.25) is 0 Å². The van der Waals surface area contributed by atoms with E-state index in [1.54, 1.807) is 54.4 Å². The van der Waals surface area contributed by atoms with Gasteiger partial charge in [-0.15, -0.1) is 0 Å². The number of carbonyl (C=O) groups is 2. The second-order valence-corrected chi connectivity index (χ2v) is 6.24. The number of aromatic nitrogens is 1. The molecule has 6 nitrogen and oxygen atoms in total. The number of ether oxygens (including phenoxy) is 1. The molecule has 1 aromatic heterocycles. The number of pyridine rings is 1. The molecule has 1 N–H and O–H groups in total. The molecule has 1 amide bonds. The normalized spacial score (nSPS) is 10.3. The van der Waals surface area contributed by atoms with E-state index in [9.17, 15) is 9.59 Å². The summed E-state index contributed by atoms with van der Waals surface area (Å²) in [5.41, 5.74) is 3.19. The molecule has 0 radical (unpaired) electrons. The average molecular weight is 389 g/mol. The zero-order chi connectivity index (χ0) is 20.6. The minimum Gasteiger partial charge on any atom is -0.462 e. The topological polar surface area (TPSA) is 71.5 Å². The van der Waals surface area contributed by atoms with Crippen LogP contribution in [0.15, 0.2) is 72.9 Å². The van der Waals surface area contributed by atoms with E-state index in [2.05, 4.69) is 10.3 Å². The fourth-order valence-electron chi connectivity index (χ4n) is 2.89. The van der Waals surface area contributed by atoms with E-state index in [-0.39, 0.29) is 11.9 Å². The van der Waals surface area contributed by atoms with Gasteiger partial charge in [-0.05, 0) is 62.4 Å². The molecule has 0 aliphatic heterocycles. The molecule has 0 bridgehead atoms. The van der Waals surface area contributed by atoms with E-state index in [0.29, 0.717) is 24.4 Å². The van der Waals surface area contributed by atoms with Crippen molar-refractivity contribution < 1.29 is 14.3 Å². The summed E-state index contributed by atoms with van der Waals surface area (Å²) in [5, 5.41) is 3.23. The third-order valence-corrected chi connectivity index (χ3v) is 4.29. The number of nitrogens with zero attached hydrogens (tertiary/aromatic N) is 2. The van der Waals surface area contributed by atoms with Gasteiger partial charge in [-0.2, -0.15) is 0 Å². The summed E-state index contributed by atoms with van der Waals surface area (Å²) in [6.07, 6.45) is 1.60. The Bertz CT molecular complexity index is 972. The first kappa shape index (κ1) is 20.1. The highest BCUT2D eigenvalue weighted by molar-refractivity contribution is 6.05. The minimum atomic E-state index is -0.351. The van der Waals surface area contributed by atoms with Gasteiger partial charge in [-0.3, -0.25) is 9.78 Å². The number of carbonyl (C=O) groups excluding carboxylic acids is 2. The summed E-state index contributed by atoms with van der Waals surface area (Å²) in [4.78, 5) is 30.6. The second-order valence-electron chi connectivity index (χ2n) is 6.24. The number of rotatable bonds is 7. The molecule has 0 aliphatic rings. The lowest BCUT2D eigenvalue weighted by atomic mass is 10.2. The summed E-state index contributed by atoms with van der Waals surface area (Å²) in [7, 11) is 0. The van der Waals surface area contributed by atoms with Gasteiger partial charge in [0.15, 0.2) is 0 Å². The molecule has 0 saturated heterocycles. The minimum absolute atomic E-state index is 0.167. The van der Waals surface area contributed by atoms with Gasteiger partial charge in [0.25, 0.3) is 5.91 Å². The summed E-state index contributed by atoms with van der Waals surface area (Å²) in [6.45, 7) is 4.58. The Morgan fingerprint density at radius 3 is 2.34 bits per heavy atom. The Labute approximate surface area is 170 Å². The van der Waals surface area contributed by atoms with Crippen LogP contribution in [-0.4, -0.2) is 30.0 Å². The van der Waals surface area contributed by atoms with E-state index < -0.39 is 0 Å². The van der Waals surface area contributed by atoms with Crippen LogP contribution in [-0.2, 0) is 4.74 Å². The molecule has 148 valence electrons. The second kappa shape index (κ2) is 9.50.